The average Bonchev–Trinajstić information content (AvgIpc) is 2.68. The van der Waals surface area contributed by atoms with Crippen molar-refractivity contribution in [2.75, 3.05) is 6.61 Å². The minimum Gasteiger partial charge on any atom is -0.377 e. The van der Waals surface area contributed by atoms with E-state index in [9.17, 15) is 9.59 Å². The first-order valence-corrected chi connectivity index (χ1v) is 8.54. The Balaban J connectivity index is 1.59. The minimum atomic E-state index is -0.234. The van der Waals surface area contributed by atoms with Gasteiger partial charge in [-0.05, 0) is 30.2 Å². The molecule has 0 spiro atoms. The Morgan fingerprint density at radius 1 is 1.12 bits per heavy atom. The van der Waals surface area contributed by atoms with E-state index in [1.54, 1.807) is 18.2 Å². The molecule has 1 heterocycles. The van der Waals surface area contributed by atoms with Crippen molar-refractivity contribution in [2.45, 2.75) is 26.6 Å². The largest absolute Gasteiger partial charge is 0.377 e. The number of carbonyl (C=O) groups excluding carboxylic acids is 1. The maximum atomic E-state index is 12.4. The number of hydrogen-bond acceptors (Lipinski definition) is 4. The quantitative estimate of drug-likeness (QED) is 0.709. The molecule has 0 unspecified atom stereocenters. The average molecular weight is 351 g/mol. The van der Waals surface area contributed by atoms with Gasteiger partial charge in [-0.15, -0.1) is 0 Å². The summed E-state index contributed by atoms with van der Waals surface area (Å²) in [5, 5.41) is 3.33. The summed E-state index contributed by atoms with van der Waals surface area (Å²) in [7, 11) is 0. The molecule has 0 radical (unpaired) electrons. The normalized spacial score (nSPS) is 10.8. The molecule has 1 aromatic heterocycles. The highest BCUT2D eigenvalue weighted by Crippen LogP contribution is 2.06. The second kappa shape index (κ2) is 8.40. The van der Waals surface area contributed by atoms with Crippen molar-refractivity contribution in [2.24, 2.45) is 0 Å². The van der Waals surface area contributed by atoms with Crippen LogP contribution in [-0.2, 0) is 29.2 Å². The van der Waals surface area contributed by atoms with Crippen LogP contribution < -0.4 is 10.9 Å². The number of nitrogens with one attached hydrogen (secondary N) is 1. The van der Waals surface area contributed by atoms with Crippen LogP contribution in [0.15, 0.2) is 59.7 Å². The minimum absolute atomic E-state index is 0.0565. The number of para-hydroxylation sites is 1. The van der Waals surface area contributed by atoms with Crippen molar-refractivity contribution >= 4 is 16.8 Å². The first-order valence-electron chi connectivity index (χ1n) is 8.54. The van der Waals surface area contributed by atoms with Crippen LogP contribution >= 0.6 is 0 Å². The third kappa shape index (κ3) is 4.34. The van der Waals surface area contributed by atoms with Gasteiger partial charge in [0.2, 0.25) is 5.91 Å². The molecule has 0 aliphatic heterocycles. The van der Waals surface area contributed by atoms with Crippen molar-refractivity contribution < 1.29 is 9.53 Å². The lowest BCUT2D eigenvalue weighted by atomic mass is 10.1. The molecule has 0 fully saturated rings. The Morgan fingerprint density at radius 2 is 1.85 bits per heavy atom. The third-order valence-corrected chi connectivity index (χ3v) is 4.03. The third-order valence-electron chi connectivity index (χ3n) is 4.03. The van der Waals surface area contributed by atoms with E-state index in [0.717, 1.165) is 11.1 Å². The maximum Gasteiger partial charge on any atom is 0.261 e. The standard InChI is InChI=1S/C20H21N3O3/c1-2-26-13-16-9-7-15(8-10-16)11-21-19(24)12-23-14-22-18-6-4-3-5-17(18)20(23)25/h3-10,14H,2,11-13H2,1H3,(H,21,24). The zero-order valence-corrected chi connectivity index (χ0v) is 14.6. The molecule has 6 heteroatoms. The molecule has 2 aromatic carbocycles. The van der Waals surface area contributed by atoms with E-state index < -0.39 is 0 Å². The number of benzene rings is 2. The van der Waals surface area contributed by atoms with Gasteiger partial charge in [-0.25, -0.2) is 4.98 Å². The van der Waals surface area contributed by atoms with Gasteiger partial charge in [-0.1, -0.05) is 36.4 Å². The molecule has 0 bridgehead atoms. The molecule has 26 heavy (non-hydrogen) atoms. The van der Waals surface area contributed by atoms with Crippen LogP contribution in [0.1, 0.15) is 18.1 Å². The molecule has 134 valence electrons. The molecule has 1 amide bonds. The van der Waals surface area contributed by atoms with Crippen LogP contribution in [0.3, 0.4) is 0 Å². The van der Waals surface area contributed by atoms with Gasteiger partial charge in [0.25, 0.3) is 5.56 Å². The lowest BCUT2D eigenvalue weighted by molar-refractivity contribution is -0.121. The van der Waals surface area contributed by atoms with Crippen molar-refractivity contribution in [1.29, 1.82) is 0 Å². The van der Waals surface area contributed by atoms with Crippen LogP contribution in [0.4, 0.5) is 0 Å². The predicted octanol–water partition coefficient (Wildman–Crippen LogP) is 2.25. The van der Waals surface area contributed by atoms with Gasteiger partial charge in [0.15, 0.2) is 0 Å². The monoisotopic (exact) mass is 351 g/mol. The smallest absolute Gasteiger partial charge is 0.261 e. The van der Waals surface area contributed by atoms with Gasteiger partial charge in [0.05, 0.1) is 23.8 Å². The number of hydrogen-bond donors (Lipinski definition) is 1. The number of amides is 1. The van der Waals surface area contributed by atoms with E-state index in [4.69, 9.17) is 4.74 Å². The summed E-state index contributed by atoms with van der Waals surface area (Å²) in [6.07, 6.45) is 1.41. The Morgan fingerprint density at radius 3 is 2.62 bits per heavy atom. The van der Waals surface area contributed by atoms with Crippen molar-refractivity contribution in [3.05, 3.63) is 76.3 Å². The fourth-order valence-corrected chi connectivity index (χ4v) is 2.60. The fraction of sp³-hybridized carbons (Fsp3) is 0.250. The Hall–Kier alpha value is -2.99. The fourth-order valence-electron chi connectivity index (χ4n) is 2.60. The topological polar surface area (TPSA) is 73.2 Å². The Labute approximate surface area is 151 Å². The summed E-state index contributed by atoms with van der Waals surface area (Å²) in [4.78, 5) is 28.8. The molecule has 6 nitrogen and oxygen atoms in total. The number of rotatable bonds is 7. The molecule has 0 saturated heterocycles. The van der Waals surface area contributed by atoms with Crippen LogP contribution in [-0.4, -0.2) is 22.1 Å². The number of nitrogens with zero attached hydrogens (tertiary/aromatic N) is 2. The molecule has 0 aliphatic rings. The molecule has 3 aromatic rings. The summed E-state index contributed by atoms with van der Waals surface area (Å²) in [5.41, 5.74) is 2.49. The first kappa shape index (κ1) is 17.8. The summed E-state index contributed by atoms with van der Waals surface area (Å²) < 4.78 is 6.68. The Bertz CT molecular complexity index is 948. The van der Waals surface area contributed by atoms with Crippen molar-refractivity contribution in [1.82, 2.24) is 14.9 Å². The highest BCUT2D eigenvalue weighted by atomic mass is 16.5. The molecular weight excluding hydrogens is 330 g/mol. The maximum absolute atomic E-state index is 12.4. The number of ether oxygens (including phenoxy) is 1. The van der Waals surface area contributed by atoms with Gasteiger partial charge in [-0.2, -0.15) is 0 Å². The highest BCUT2D eigenvalue weighted by molar-refractivity contribution is 5.78. The van der Waals surface area contributed by atoms with Crippen molar-refractivity contribution in [3.63, 3.8) is 0 Å². The number of carbonyl (C=O) groups is 1. The van der Waals surface area contributed by atoms with E-state index in [1.807, 2.05) is 37.3 Å². The summed E-state index contributed by atoms with van der Waals surface area (Å²) in [6.45, 7) is 3.57. The second-order valence-corrected chi connectivity index (χ2v) is 5.93. The summed E-state index contributed by atoms with van der Waals surface area (Å²) >= 11 is 0. The van der Waals surface area contributed by atoms with Crippen LogP contribution in [0.25, 0.3) is 10.9 Å². The second-order valence-electron chi connectivity index (χ2n) is 5.93. The number of aromatic nitrogens is 2. The molecular formula is C20H21N3O3. The van der Waals surface area contributed by atoms with E-state index in [-0.39, 0.29) is 18.0 Å². The van der Waals surface area contributed by atoms with Gasteiger partial charge >= 0.3 is 0 Å². The highest BCUT2D eigenvalue weighted by Gasteiger charge is 2.07. The van der Waals surface area contributed by atoms with Crippen LogP contribution in [0, 0.1) is 0 Å². The van der Waals surface area contributed by atoms with Crippen LogP contribution in [0.5, 0.6) is 0 Å². The molecule has 1 N–H and O–H groups in total. The molecule has 0 atom stereocenters. The molecule has 3 rings (SSSR count). The van der Waals surface area contributed by atoms with Gasteiger partial charge in [0, 0.05) is 13.2 Å². The zero-order chi connectivity index (χ0) is 18.4. The van der Waals surface area contributed by atoms with E-state index in [1.165, 1.54) is 10.9 Å². The molecule has 0 saturated carbocycles. The van der Waals surface area contributed by atoms with E-state index >= 15 is 0 Å². The van der Waals surface area contributed by atoms with E-state index in [0.29, 0.717) is 30.7 Å². The molecule has 0 aliphatic carbocycles. The first-order chi connectivity index (χ1) is 12.7. The van der Waals surface area contributed by atoms with E-state index in [2.05, 4.69) is 10.3 Å². The SMILES string of the molecule is CCOCc1ccc(CNC(=O)Cn2cnc3ccccc3c2=O)cc1. The van der Waals surface area contributed by atoms with Crippen LogP contribution in [0.2, 0.25) is 0 Å². The summed E-state index contributed by atoms with van der Waals surface area (Å²) in [6, 6.07) is 15.0. The van der Waals surface area contributed by atoms with Gasteiger partial charge < -0.3 is 10.1 Å². The zero-order valence-electron chi connectivity index (χ0n) is 14.6. The number of fused-ring (bicyclic) bond motifs is 1. The van der Waals surface area contributed by atoms with Crippen molar-refractivity contribution in [3.8, 4) is 0 Å². The lowest BCUT2D eigenvalue weighted by Crippen LogP contribution is -2.32. The lowest BCUT2D eigenvalue weighted by Gasteiger charge is -2.09. The van der Waals surface area contributed by atoms with Gasteiger partial charge in [0.1, 0.15) is 6.54 Å². The summed E-state index contributed by atoms with van der Waals surface area (Å²) in [5.74, 6) is -0.234. The van der Waals surface area contributed by atoms with Gasteiger partial charge in [-0.3, -0.25) is 14.2 Å². The predicted molar refractivity (Wildman–Crippen MR) is 99.6 cm³/mol. The Kier molecular flexibility index (Phi) is 5.76.